The first-order chi connectivity index (χ1) is 18.1. The highest BCUT2D eigenvalue weighted by atomic mass is 32.2. The average molecular weight is 576 g/mol. The molecule has 39 heavy (non-hydrogen) atoms. The van der Waals surface area contributed by atoms with Crippen molar-refractivity contribution in [3.63, 3.8) is 0 Å². The summed E-state index contributed by atoms with van der Waals surface area (Å²) in [5.41, 5.74) is 2.19. The molecule has 0 atom stereocenters. The fourth-order valence-electron chi connectivity index (χ4n) is 3.51. The Labute approximate surface area is 230 Å². The number of aryl methyl sites for hydroxylation is 1. The molecule has 0 N–H and O–H groups in total. The lowest BCUT2D eigenvalue weighted by molar-refractivity contribution is -0.152. The van der Waals surface area contributed by atoms with E-state index in [9.17, 15) is 13.2 Å². The van der Waals surface area contributed by atoms with Gasteiger partial charge in [0.15, 0.2) is 0 Å². The molecule has 0 aliphatic heterocycles. The average Bonchev–Trinajstić information content (AvgIpc) is 3.29. The van der Waals surface area contributed by atoms with Gasteiger partial charge in [-0.1, -0.05) is 25.7 Å². The number of carbonyl (C=O) groups excluding carboxylic acids is 1. The third-order valence-corrected chi connectivity index (χ3v) is 8.56. The van der Waals surface area contributed by atoms with Crippen LogP contribution in [-0.4, -0.2) is 73.8 Å². The normalized spacial score (nSPS) is 12.4. The summed E-state index contributed by atoms with van der Waals surface area (Å²) in [6, 6.07) is 6.33. The van der Waals surface area contributed by atoms with Crippen molar-refractivity contribution in [2.45, 2.75) is 58.3 Å². The van der Waals surface area contributed by atoms with Crippen molar-refractivity contribution in [1.29, 1.82) is 0 Å². The summed E-state index contributed by atoms with van der Waals surface area (Å²) in [7, 11) is -3.56. The van der Waals surface area contributed by atoms with E-state index in [1.54, 1.807) is 38.4 Å². The number of hydrogen-bond acceptors (Lipinski definition) is 10. The second-order valence-corrected chi connectivity index (χ2v) is 18.8. The van der Waals surface area contributed by atoms with Crippen LogP contribution in [0.4, 0.5) is 0 Å². The van der Waals surface area contributed by atoms with Gasteiger partial charge in [0.2, 0.25) is 26.7 Å². The van der Waals surface area contributed by atoms with E-state index < -0.39 is 23.3 Å². The number of carbonyl (C=O) groups is 1. The van der Waals surface area contributed by atoms with Gasteiger partial charge in [0.05, 0.1) is 12.5 Å². The third-order valence-electron chi connectivity index (χ3n) is 5.89. The van der Waals surface area contributed by atoms with Crippen molar-refractivity contribution in [2.24, 2.45) is 5.41 Å². The van der Waals surface area contributed by atoms with Gasteiger partial charge in [-0.3, -0.25) is 9.78 Å². The fraction of sp³-hybridized carbons (Fsp3) is 0.500. The predicted molar refractivity (Wildman–Crippen MR) is 150 cm³/mol. The molecule has 0 unspecified atom stereocenters. The van der Waals surface area contributed by atoms with Crippen LogP contribution in [0.5, 0.6) is 5.88 Å². The summed E-state index contributed by atoms with van der Waals surface area (Å²) in [6.45, 7) is 12.8. The Morgan fingerprint density at radius 3 is 2.41 bits per heavy atom. The molecule has 0 saturated heterocycles. The maximum atomic E-state index is 12.3. The zero-order chi connectivity index (χ0) is 29.0. The van der Waals surface area contributed by atoms with Crippen LogP contribution in [0.1, 0.15) is 19.4 Å². The Morgan fingerprint density at radius 1 is 1.13 bits per heavy atom. The topological polar surface area (TPSA) is 135 Å². The standard InChI is InChI=1S/C26H37N5O6SSi/c1-18-13-22(37-16-26(2,3)24(32)35-4)28-15-20(18)19-9-10-21(27-14-19)23-29-25(38(5,33)34)31(30-23)17-36-11-12-39(6,7)8/h9-10,13-15H,11-12,16-17H2,1-8H3. The number of esters is 1. The van der Waals surface area contributed by atoms with Crippen molar-refractivity contribution in [2.75, 3.05) is 26.6 Å². The van der Waals surface area contributed by atoms with Crippen LogP contribution in [-0.2, 0) is 30.8 Å². The smallest absolute Gasteiger partial charge is 0.314 e. The van der Waals surface area contributed by atoms with Gasteiger partial charge in [-0.05, 0) is 38.4 Å². The van der Waals surface area contributed by atoms with Gasteiger partial charge in [0.25, 0.3) is 0 Å². The Kier molecular flexibility index (Phi) is 9.29. The van der Waals surface area contributed by atoms with Gasteiger partial charge in [-0.15, -0.1) is 5.10 Å². The van der Waals surface area contributed by atoms with Crippen LogP contribution in [0.2, 0.25) is 25.7 Å². The van der Waals surface area contributed by atoms with Crippen LogP contribution >= 0.6 is 0 Å². The van der Waals surface area contributed by atoms with Crippen LogP contribution < -0.4 is 4.74 Å². The maximum absolute atomic E-state index is 12.3. The molecule has 0 fully saturated rings. The molecule has 0 aliphatic rings. The summed E-state index contributed by atoms with van der Waals surface area (Å²) in [4.78, 5) is 25.0. The highest BCUT2D eigenvalue weighted by Gasteiger charge is 2.30. The lowest BCUT2D eigenvalue weighted by Crippen LogP contribution is -2.32. The first-order valence-corrected chi connectivity index (χ1v) is 18.1. The second-order valence-electron chi connectivity index (χ2n) is 11.3. The Morgan fingerprint density at radius 2 is 1.85 bits per heavy atom. The zero-order valence-corrected chi connectivity index (χ0v) is 25.6. The summed E-state index contributed by atoms with van der Waals surface area (Å²) in [5.74, 6) is 0.232. The van der Waals surface area contributed by atoms with Crippen LogP contribution in [0.15, 0.2) is 35.7 Å². The van der Waals surface area contributed by atoms with E-state index in [4.69, 9.17) is 14.2 Å². The summed E-state index contributed by atoms with van der Waals surface area (Å²) < 4.78 is 42.1. The molecule has 3 heterocycles. The largest absolute Gasteiger partial charge is 0.476 e. The number of pyridine rings is 2. The lowest BCUT2D eigenvalue weighted by Gasteiger charge is -2.21. The number of aromatic nitrogens is 5. The van der Waals surface area contributed by atoms with Crippen LogP contribution in [0.25, 0.3) is 22.6 Å². The van der Waals surface area contributed by atoms with Crippen molar-refractivity contribution in [3.8, 4) is 28.5 Å². The zero-order valence-electron chi connectivity index (χ0n) is 23.8. The van der Waals surface area contributed by atoms with E-state index in [-0.39, 0.29) is 30.3 Å². The van der Waals surface area contributed by atoms with E-state index in [2.05, 4.69) is 39.7 Å². The first-order valence-electron chi connectivity index (χ1n) is 12.5. The quantitative estimate of drug-likeness (QED) is 0.177. The third kappa shape index (κ3) is 8.16. The van der Waals surface area contributed by atoms with E-state index in [0.29, 0.717) is 18.2 Å². The Balaban J connectivity index is 1.76. The molecule has 0 bridgehead atoms. The van der Waals surface area contributed by atoms with Gasteiger partial charge in [-0.25, -0.2) is 18.1 Å². The molecule has 0 aliphatic carbocycles. The highest BCUT2D eigenvalue weighted by Crippen LogP contribution is 2.27. The van der Waals surface area contributed by atoms with Crippen molar-refractivity contribution >= 4 is 23.9 Å². The molecule has 0 aromatic carbocycles. The van der Waals surface area contributed by atoms with Gasteiger partial charge in [0, 0.05) is 50.5 Å². The molecule has 11 nitrogen and oxygen atoms in total. The van der Waals surface area contributed by atoms with Crippen molar-refractivity contribution in [3.05, 3.63) is 36.2 Å². The van der Waals surface area contributed by atoms with Gasteiger partial charge in [-0.2, -0.15) is 4.98 Å². The van der Waals surface area contributed by atoms with E-state index >= 15 is 0 Å². The number of ether oxygens (including phenoxy) is 3. The number of sulfone groups is 1. The minimum Gasteiger partial charge on any atom is -0.476 e. The van der Waals surface area contributed by atoms with Gasteiger partial charge in [0.1, 0.15) is 19.0 Å². The Bertz CT molecular complexity index is 1420. The number of nitrogens with zero attached hydrogens (tertiary/aromatic N) is 5. The molecular weight excluding hydrogens is 538 g/mol. The van der Waals surface area contributed by atoms with Crippen LogP contribution in [0.3, 0.4) is 0 Å². The van der Waals surface area contributed by atoms with Crippen LogP contribution in [0, 0.1) is 12.3 Å². The predicted octanol–water partition coefficient (Wildman–Crippen LogP) is 4.00. The lowest BCUT2D eigenvalue weighted by atomic mass is 9.95. The summed E-state index contributed by atoms with van der Waals surface area (Å²) in [6.07, 6.45) is 4.43. The molecule has 0 amide bonds. The minimum atomic E-state index is -3.62. The summed E-state index contributed by atoms with van der Waals surface area (Å²) >= 11 is 0. The fourth-order valence-corrected chi connectivity index (χ4v) is 5.00. The molecule has 3 aromatic heterocycles. The van der Waals surface area contributed by atoms with Gasteiger partial charge < -0.3 is 14.2 Å². The molecule has 0 spiro atoms. The maximum Gasteiger partial charge on any atom is 0.314 e. The number of hydrogen-bond donors (Lipinski definition) is 0. The molecule has 0 saturated carbocycles. The van der Waals surface area contributed by atoms with E-state index in [0.717, 1.165) is 29.0 Å². The van der Waals surface area contributed by atoms with Crippen molar-refractivity contribution in [1.82, 2.24) is 24.7 Å². The molecule has 13 heteroatoms. The SMILES string of the molecule is COC(=O)C(C)(C)COc1cc(C)c(-c2ccc(-c3nc(S(C)(=O)=O)n(COCC[Si](C)(C)C)n3)nc2)cn1. The monoisotopic (exact) mass is 575 g/mol. The highest BCUT2D eigenvalue weighted by molar-refractivity contribution is 7.90. The molecule has 0 radical (unpaired) electrons. The first kappa shape index (κ1) is 30.4. The van der Waals surface area contributed by atoms with E-state index in [1.165, 1.54) is 11.8 Å². The number of methoxy groups -OCH3 is 1. The minimum absolute atomic E-state index is 0.00589. The molecule has 3 aromatic rings. The molecular formula is C26H37N5O6SSi. The summed E-state index contributed by atoms with van der Waals surface area (Å²) in [5, 5.41) is 4.20. The van der Waals surface area contributed by atoms with Gasteiger partial charge >= 0.3 is 5.97 Å². The molecule has 3 rings (SSSR count). The second kappa shape index (κ2) is 11.9. The Hall–Kier alpha value is -3.16. The van der Waals surface area contributed by atoms with E-state index in [1.807, 2.05) is 13.0 Å². The van der Waals surface area contributed by atoms with Crippen molar-refractivity contribution < 1.29 is 27.4 Å². The molecule has 212 valence electrons. The number of rotatable bonds is 12.